The molecule has 9 heteroatoms. The SMILES string of the molecule is CN1CC2(CCN(S(=O)(=O)c3sccc3C#N)CC2)OC1=O. The number of sulfonamides is 1. The maximum absolute atomic E-state index is 12.6. The molecule has 118 valence electrons. The molecular formula is C13H15N3O4S2. The summed E-state index contributed by atoms with van der Waals surface area (Å²) >= 11 is 1.05. The van der Waals surface area contributed by atoms with Crippen molar-refractivity contribution >= 4 is 27.5 Å². The maximum Gasteiger partial charge on any atom is 0.410 e. The van der Waals surface area contributed by atoms with E-state index in [1.165, 1.54) is 15.3 Å². The van der Waals surface area contributed by atoms with Gasteiger partial charge in [-0.05, 0) is 11.4 Å². The second kappa shape index (κ2) is 5.22. The molecule has 3 rings (SSSR count). The van der Waals surface area contributed by atoms with E-state index in [1.807, 2.05) is 6.07 Å². The quantitative estimate of drug-likeness (QED) is 0.807. The number of carbonyl (C=O) groups is 1. The van der Waals surface area contributed by atoms with Crippen molar-refractivity contribution in [3.05, 3.63) is 17.0 Å². The van der Waals surface area contributed by atoms with Gasteiger partial charge in [0, 0.05) is 33.0 Å². The third kappa shape index (κ3) is 2.37. The Morgan fingerprint density at radius 1 is 1.41 bits per heavy atom. The number of likely N-dealkylation sites (N-methyl/N-ethyl adjacent to an activating group) is 1. The van der Waals surface area contributed by atoms with E-state index >= 15 is 0 Å². The average Bonchev–Trinajstić information content (AvgIpc) is 3.05. The van der Waals surface area contributed by atoms with E-state index in [0.29, 0.717) is 19.4 Å². The van der Waals surface area contributed by atoms with Gasteiger partial charge in [-0.2, -0.15) is 9.57 Å². The predicted molar refractivity (Wildman–Crippen MR) is 78.9 cm³/mol. The number of hydrogen-bond donors (Lipinski definition) is 0. The smallest absolute Gasteiger partial charge is 0.410 e. The maximum atomic E-state index is 12.6. The molecule has 0 bridgehead atoms. The van der Waals surface area contributed by atoms with E-state index in [4.69, 9.17) is 10.00 Å². The van der Waals surface area contributed by atoms with Crippen LogP contribution in [0.5, 0.6) is 0 Å². The van der Waals surface area contributed by atoms with Crippen LogP contribution in [0, 0.1) is 11.3 Å². The van der Waals surface area contributed by atoms with E-state index < -0.39 is 15.6 Å². The predicted octanol–water partition coefficient (Wildman–Crippen LogP) is 1.23. The van der Waals surface area contributed by atoms with Crippen molar-refractivity contribution in [1.29, 1.82) is 5.26 Å². The molecule has 2 fully saturated rings. The summed E-state index contributed by atoms with van der Waals surface area (Å²) in [5.41, 5.74) is -0.400. The van der Waals surface area contributed by atoms with Gasteiger partial charge in [-0.15, -0.1) is 11.3 Å². The Bertz CT molecular complexity index is 742. The van der Waals surface area contributed by atoms with E-state index in [9.17, 15) is 13.2 Å². The molecule has 0 atom stereocenters. The lowest BCUT2D eigenvalue weighted by Gasteiger charge is -2.36. The van der Waals surface area contributed by atoms with Gasteiger partial charge in [0.05, 0.1) is 12.1 Å². The Labute approximate surface area is 132 Å². The molecule has 0 N–H and O–H groups in total. The zero-order valence-corrected chi connectivity index (χ0v) is 13.6. The highest BCUT2D eigenvalue weighted by molar-refractivity contribution is 7.91. The first-order valence-corrected chi connectivity index (χ1v) is 9.12. The van der Waals surface area contributed by atoms with Gasteiger partial charge in [-0.1, -0.05) is 0 Å². The van der Waals surface area contributed by atoms with Crippen LogP contribution in [0.1, 0.15) is 18.4 Å². The first kappa shape index (κ1) is 15.3. The highest BCUT2D eigenvalue weighted by Gasteiger charge is 2.47. The molecule has 0 saturated carbocycles. The minimum Gasteiger partial charge on any atom is -0.441 e. The number of ether oxygens (including phenoxy) is 1. The molecule has 1 aromatic rings. The number of rotatable bonds is 2. The van der Waals surface area contributed by atoms with E-state index in [0.717, 1.165) is 11.3 Å². The van der Waals surface area contributed by atoms with Crippen LogP contribution in [0.4, 0.5) is 4.79 Å². The highest BCUT2D eigenvalue weighted by atomic mass is 32.2. The normalized spacial score (nSPS) is 21.8. The molecule has 7 nitrogen and oxygen atoms in total. The minimum atomic E-state index is -3.66. The highest BCUT2D eigenvalue weighted by Crippen LogP contribution is 2.35. The van der Waals surface area contributed by atoms with Gasteiger partial charge in [0.2, 0.25) is 0 Å². The minimum absolute atomic E-state index is 0.0893. The van der Waals surface area contributed by atoms with Gasteiger partial charge in [0.15, 0.2) is 4.21 Å². The van der Waals surface area contributed by atoms with Crippen LogP contribution in [-0.2, 0) is 14.8 Å². The molecule has 1 spiro atoms. The van der Waals surface area contributed by atoms with Gasteiger partial charge in [0.1, 0.15) is 11.7 Å². The fourth-order valence-electron chi connectivity index (χ4n) is 2.88. The van der Waals surface area contributed by atoms with Crippen molar-refractivity contribution in [2.75, 3.05) is 26.7 Å². The Balaban J connectivity index is 1.77. The lowest BCUT2D eigenvalue weighted by atomic mass is 9.92. The van der Waals surface area contributed by atoms with Gasteiger partial charge >= 0.3 is 6.09 Å². The first-order valence-electron chi connectivity index (χ1n) is 6.80. The molecule has 0 unspecified atom stereocenters. The molecule has 3 heterocycles. The summed E-state index contributed by atoms with van der Waals surface area (Å²) in [5, 5.41) is 10.6. The molecule has 22 heavy (non-hydrogen) atoms. The summed E-state index contributed by atoms with van der Waals surface area (Å²) in [6.07, 6.45) is 0.576. The Morgan fingerprint density at radius 2 is 2.09 bits per heavy atom. The standard InChI is InChI=1S/C13H15N3O4S2/c1-15-9-13(20-12(15)17)3-5-16(6-4-13)22(18,19)11-10(8-14)2-7-21-11/h2,7H,3-6,9H2,1H3. The van der Waals surface area contributed by atoms with Crippen LogP contribution in [0.15, 0.2) is 15.7 Å². The van der Waals surface area contributed by atoms with Crippen LogP contribution in [0.3, 0.4) is 0 Å². The third-order valence-electron chi connectivity index (χ3n) is 4.10. The van der Waals surface area contributed by atoms with Crippen LogP contribution in [0.2, 0.25) is 0 Å². The van der Waals surface area contributed by atoms with Crippen LogP contribution < -0.4 is 0 Å². The summed E-state index contributed by atoms with van der Waals surface area (Å²) < 4.78 is 32.1. The average molecular weight is 341 g/mol. The fourth-order valence-corrected chi connectivity index (χ4v) is 5.71. The summed E-state index contributed by atoms with van der Waals surface area (Å²) in [5.74, 6) is 0. The lowest BCUT2D eigenvalue weighted by molar-refractivity contribution is 0.0172. The molecule has 2 aliphatic heterocycles. The zero-order valence-electron chi connectivity index (χ0n) is 12.0. The fraction of sp³-hybridized carbons (Fsp3) is 0.538. The molecule has 1 amide bonds. The molecule has 0 aromatic carbocycles. The number of nitriles is 1. The number of nitrogens with zero attached hydrogens (tertiary/aromatic N) is 3. The van der Waals surface area contributed by atoms with E-state index in [1.54, 1.807) is 12.4 Å². The topological polar surface area (TPSA) is 90.7 Å². The molecule has 0 aliphatic carbocycles. The summed E-state index contributed by atoms with van der Waals surface area (Å²) in [6.45, 7) is 1.06. The van der Waals surface area contributed by atoms with Gasteiger partial charge < -0.3 is 9.64 Å². The molecule has 2 aliphatic rings. The number of hydrogen-bond acceptors (Lipinski definition) is 6. The van der Waals surface area contributed by atoms with Crippen molar-refractivity contribution in [2.45, 2.75) is 22.7 Å². The molecule has 1 aromatic heterocycles. The van der Waals surface area contributed by atoms with Crippen LogP contribution in [0.25, 0.3) is 0 Å². The lowest BCUT2D eigenvalue weighted by Crippen LogP contribution is -2.48. The van der Waals surface area contributed by atoms with Gasteiger partial charge in [-0.3, -0.25) is 0 Å². The van der Waals surface area contributed by atoms with Crippen molar-refractivity contribution in [2.24, 2.45) is 0 Å². The summed E-state index contributed by atoms with van der Waals surface area (Å²) in [4.78, 5) is 13.0. The molecule has 2 saturated heterocycles. The monoisotopic (exact) mass is 341 g/mol. The second-order valence-electron chi connectivity index (χ2n) is 5.54. The number of carbonyl (C=O) groups excluding carboxylic acids is 1. The van der Waals surface area contributed by atoms with Crippen molar-refractivity contribution in [3.63, 3.8) is 0 Å². The summed E-state index contributed by atoms with van der Waals surface area (Å²) in [6, 6.07) is 3.42. The van der Waals surface area contributed by atoms with E-state index in [2.05, 4.69) is 0 Å². The number of amides is 1. The second-order valence-corrected chi connectivity index (χ2v) is 8.59. The Hall–Kier alpha value is -1.63. The van der Waals surface area contributed by atoms with Crippen molar-refractivity contribution < 1.29 is 17.9 Å². The van der Waals surface area contributed by atoms with Crippen LogP contribution in [-0.4, -0.2) is 56.0 Å². The van der Waals surface area contributed by atoms with Gasteiger partial charge in [0.25, 0.3) is 10.0 Å². The third-order valence-corrected chi connectivity index (χ3v) is 7.46. The Morgan fingerprint density at radius 3 is 2.64 bits per heavy atom. The van der Waals surface area contributed by atoms with Crippen molar-refractivity contribution in [3.8, 4) is 6.07 Å². The van der Waals surface area contributed by atoms with Crippen LogP contribution >= 0.6 is 11.3 Å². The van der Waals surface area contributed by atoms with Crippen molar-refractivity contribution in [1.82, 2.24) is 9.21 Å². The summed E-state index contributed by atoms with van der Waals surface area (Å²) in [7, 11) is -1.99. The largest absolute Gasteiger partial charge is 0.441 e. The van der Waals surface area contributed by atoms with Gasteiger partial charge in [-0.25, -0.2) is 13.2 Å². The van der Waals surface area contributed by atoms with E-state index in [-0.39, 0.29) is 29.0 Å². The number of piperidine rings is 1. The molecule has 0 radical (unpaired) electrons. The Kier molecular flexibility index (Phi) is 3.63. The first-order chi connectivity index (χ1) is 10.4. The number of thiophene rings is 1. The molecular weight excluding hydrogens is 326 g/mol. The zero-order chi connectivity index (χ0) is 16.0.